The minimum Gasteiger partial charge on any atom is -0.398 e. The standard InChI is InChI=1S/C13H11Br3N2O2S/c1-7-2-8(14)4-10(3-7)18-21(19,20)13-11(16)5-9(15)6-12(13)17/h2-6,18H,17H2,1H3. The quantitative estimate of drug-likeness (QED) is 0.604. The Kier molecular flexibility index (Phi) is 5.02. The maximum atomic E-state index is 12.5. The van der Waals surface area contributed by atoms with E-state index in [9.17, 15) is 8.42 Å². The summed E-state index contributed by atoms with van der Waals surface area (Å²) < 4.78 is 29.5. The zero-order chi connectivity index (χ0) is 15.8. The van der Waals surface area contributed by atoms with Gasteiger partial charge in [-0.15, -0.1) is 0 Å². The molecular weight excluding hydrogens is 488 g/mol. The van der Waals surface area contributed by atoms with Gasteiger partial charge in [-0.05, 0) is 58.7 Å². The van der Waals surface area contributed by atoms with Gasteiger partial charge in [-0.25, -0.2) is 8.42 Å². The number of nitrogens with two attached hydrogens (primary N) is 1. The van der Waals surface area contributed by atoms with Gasteiger partial charge in [-0.1, -0.05) is 31.9 Å². The normalized spacial score (nSPS) is 11.4. The highest BCUT2D eigenvalue weighted by molar-refractivity contribution is 9.11. The molecule has 2 rings (SSSR count). The monoisotopic (exact) mass is 496 g/mol. The first kappa shape index (κ1) is 16.8. The van der Waals surface area contributed by atoms with Crippen LogP contribution in [0.3, 0.4) is 0 Å². The summed E-state index contributed by atoms with van der Waals surface area (Å²) in [6.45, 7) is 1.88. The SMILES string of the molecule is Cc1cc(Br)cc(NS(=O)(=O)c2c(N)cc(Br)cc2Br)c1. The number of benzene rings is 2. The van der Waals surface area contributed by atoms with E-state index in [1.165, 1.54) is 0 Å². The Bertz CT molecular complexity index is 764. The lowest BCUT2D eigenvalue weighted by Gasteiger charge is -2.13. The highest BCUT2D eigenvalue weighted by Crippen LogP contribution is 2.33. The van der Waals surface area contributed by atoms with Crippen molar-refractivity contribution in [2.24, 2.45) is 0 Å². The van der Waals surface area contributed by atoms with Gasteiger partial charge in [-0.2, -0.15) is 0 Å². The molecule has 4 nitrogen and oxygen atoms in total. The Balaban J connectivity index is 2.48. The fraction of sp³-hybridized carbons (Fsp3) is 0.0769. The molecule has 21 heavy (non-hydrogen) atoms. The van der Waals surface area contributed by atoms with Crippen molar-refractivity contribution in [3.8, 4) is 0 Å². The Morgan fingerprint density at radius 3 is 2.19 bits per heavy atom. The van der Waals surface area contributed by atoms with Gasteiger partial charge in [0.05, 0.1) is 11.4 Å². The molecule has 0 heterocycles. The number of nitrogens with one attached hydrogen (secondary N) is 1. The summed E-state index contributed by atoms with van der Waals surface area (Å²) in [5.74, 6) is 0. The molecule has 2 aromatic rings. The van der Waals surface area contributed by atoms with E-state index < -0.39 is 10.0 Å². The van der Waals surface area contributed by atoms with E-state index in [0.717, 1.165) is 10.0 Å². The molecule has 3 N–H and O–H groups in total. The summed E-state index contributed by atoms with van der Waals surface area (Å²) >= 11 is 9.85. The predicted molar refractivity (Wildman–Crippen MR) is 95.9 cm³/mol. The molecule has 0 aliphatic rings. The van der Waals surface area contributed by atoms with Gasteiger partial charge in [-0.3, -0.25) is 4.72 Å². The lowest BCUT2D eigenvalue weighted by atomic mass is 10.2. The largest absolute Gasteiger partial charge is 0.398 e. The van der Waals surface area contributed by atoms with Gasteiger partial charge >= 0.3 is 0 Å². The highest BCUT2D eigenvalue weighted by atomic mass is 79.9. The van der Waals surface area contributed by atoms with E-state index in [2.05, 4.69) is 52.5 Å². The van der Waals surface area contributed by atoms with Crippen LogP contribution >= 0.6 is 47.8 Å². The molecule has 8 heteroatoms. The van der Waals surface area contributed by atoms with Crippen molar-refractivity contribution < 1.29 is 8.42 Å². The van der Waals surface area contributed by atoms with E-state index >= 15 is 0 Å². The Morgan fingerprint density at radius 1 is 1.00 bits per heavy atom. The molecule has 0 bridgehead atoms. The van der Waals surface area contributed by atoms with E-state index in [1.54, 1.807) is 24.3 Å². The molecule has 0 aromatic heterocycles. The fourth-order valence-corrected chi connectivity index (χ4v) is 5.59. The van der Waals surface area contributed by atoms with Crippen molar-refractivity contribution in [2.75, 3.05) is 10.5 Å². The summed E-state index contributed by atoms with van der Waals surface area (Å²) in [7, 11) is -3.79. The van der Waals surface area contributed by atoms with E-state index in [4.69, 9.17) is 5.73 Å². The maximum absolute atomic E-state index is 12.5. The summed E-state index contributed by atoms with van der Waals surface area (Å²) in [6.07, 6.45) is 0. The topological polar surface area (TPSA) is 72.2 Å². The molecule has 0 amide bonds. The molecular formula is C13H11Br3N2O2S. The van der Waals surface area contributed by atoms with Crippen molar-refractivity contribution in [1.82, 2.24) is 0 Å². The number of sulfonamides is 1. The summed E-state index contributed by atoms with van der Waals surface area (Å²) in [5, 5.41) is 0. The Hall–Kier alpha value is -0.570. The van der Waals surface area contributed by atoms with Gasteiger partial charge in [0, 0.05) is 13.4 Å². The van der Waals surface area contributed by atoms with E-state index in [-0.39, 0.29) is 10.6 Å². The van der Waals surface area contributed by atoms with E-state index in [1.807, 2.05) is 13.0 Å². The maximum Gasteiger partial charge on any atom is 0.265 e. The van der Waals surface area contributed by atoms with Crippen LogP contribution < -0.4 is 10.5 Å². The van der Waals surface area contributed by atoms with Crippen LogP contribution in [0.2, 0.25) is 0 Å². The second kappa shape index (κ2) is 6.28. The third-order valence-electron chi connectivity index (χ3n) is 2.60. The Labute approximate surface area is 148 Å². The van der Waals surface area contributed by atoms with Crippen molar-refractivity contribution in [1.29, 1.82) is 0 Å². The second-order valence-corrected chi connectivity index (χ2v) is 8.73. The molecule has 0 saturated carbocycles. The molecule has 0 fully saturated rings. The van der Waals surface area contributed by atoms with Gasteiger partial charge in [0.25, 0.3) is 10.0 Å². The molecule has 2 aromatic carbocycles. The molecule has 0 saturated heterocycles. The average molecular weight is 499 g/mol. The first-order chi connectivity index (χ1) is 9.69. The third-order valence-corrected chi connectivity index (χ3v) is 5.90. The van der Waals surface area contributed by atoms with Crippen LogP contribution in [0, 0.1) is 6.92 Å². The summed E-state index contributed by atoms with van der Waals surface area (Å²) in [6, 6.07) is 8.50. The lowest BCUT2D eigenvalue weighted by Crippen LogP contribution is -2.15. The molecule has 0 aliphatic heterocycles. The molecule has 0 spiro atoms. The van der Waals surface area contributed by atoms with Crippen molar-refractivity contribution in [3.05, 3.63) is 49.3 Å². The molecule has 0 aliphatic carbocycles. The summed E-state index contributed by atoms with van der Waals surface area (Å²) in [5.41, 5.74) is 7.40. The van der Waals surface area contributed by atoms with Crippen LogP contribution in [0.5, 0.6) is 0 Å². The number of hydrogen-bond acceptors (Lipinski definition) is 3. The minimum absolute atomic E-state index is 0.0170. The number of aryl methyl sites for hydroxylation is 1. The number of nitrogen functional groups attached to an aromatic ring is 1. The predicted octanol–water partition coefficient (Wildman–Crippen LogP) is 4.67. The van der Waals surface area contributed by atoms with Crippen LogP contribution in [0.15, 0.2) is 48.6 Å². The lowest BCUT2D eigenvalue weighted by molar-refractivity contribution is 0.601. The smallest absolute Gasteiger partial charge is 0.265 e. The average Bonchev–Trinajstić information content (AvgIpc) is 2.23. The van der Waals surface area contributed by atoms with Crippen LogP contribution in [-0.4, -0.2) is 8.42 Å². The van der Waals surface area contributed by atoms with Crippen molar-refractivity contribution in [3.63, 3.8) is 0 Å². The minimum atomic E-state index is -3.79. The van der Waals surface area contributed by atoms with E-state index in [0.29, 0.717) is 14.6 Å². The third kappa shape index (κ3) is 4.00. The fourth-order valence-electron chi connectivity index (χ4n) is 1.87. The molecule has 0 radical (unpaired) electrons. The summed E-state index contributed by atoms with van der Waals surface area (Å²) in [4.78, 5) is 0.0170. The second-order valence-electron chi connectivity index (χ2n) is 4.43. The number of hydrogen-bond donors (Lipinski definition) is 2. The van der Waals surface area contributed by atoms with Crippen molar-refractivity contribution in [2.45, 2.75) is 11.8 Å². The van der Waals surface area contributed by atoms with Crippen LogP contribution in [0.4, 0.5) is 11.4 Å². The van der Waals surface area contributed by atoms with Crippen LogP contribution in [0.25, 0.3) is 0 Å². The van der Waals surface area contributed by atoms with Crippen LogP contribution in [-0.2, 0) is 10.0 Å². The Morgan fingerprint density at radius 2 is 1.62 bits per heavy atom. The highest BCUT2D eigenvalue weighted by Gasteiger charge is 2.22. The first-order valence-corrected chi connectivity index (χ1v) is 9.60. The zero-order valence-electron chi connectivity index (χ0n) is 10.8. The zero-order valence-corrected chi connectivity index (χ0v) is 16.4. The first-order valence-electron chi connectivity index (χ1n) is 5.73. The van der Waals surface area contributed by atoms with Gasteiger partial charge in [0.15, 0.2) is 0 Å². The van der Waals surface area contributed by atoms with Crippen molar-refractivity contribution >= 4 is 69.2 Å². The number of anilines is 2. The molecule has 0 atom stereocenters. The number of rotatable bonds is 3. The van der Waals surface area contributed by atoms with Crippen LogP contribution in [0.1, 0.15) is 5.56 Å². The number of halogens is 3. The molecule has 112 valence electrons. The van der Waals surface area contributed by atoms with Gasteiger partial charge in [0.1, 0.15) is 4.90 Å². The van der Waals surface area contributed by atoms with Gasteiger partial charge < -0.3 is 5.73 Å². The molecule has 0 unspecified atom stereocenters. The van der Waals surface area contributed by atoms with Gasteiger partial charge in [0.2, 0.25) is 0 Å².